The van der Waals surface area contributed by atoms with Gasteiger partial charge in [-0.25, -0.2) is 13.8 Å². The maximum Gasteiger partial charge on any atom is 0.333 e. The van der Waals surface area contributed by atoms with Gasteiger partial charge >= 0.3 is 6.55 Å². The quantitative estimate of drug-likeness (QED) is 0.399. The maximum absolute atomic E-state index is 14.9. The molecule has 0 unspecified atom stereocenters. The maximum atomic E-state index is 14.9. The Morgan fingerprint density at radius 3 is 2.55 bits per heavy atom. The molecule has 0 radical (unpaired) electrons. The number of para-hydroxylation sites is 1. The summed E-state index contributed by atoms with van der Waals surface area (Å²) >= 11 is 0. The van der Waals surface area contributed by atoms with E-state index in [-0.39, 0.29) is 17.1 Å². The molecule has 0 aliphatic heterocycles. The number of allylic oxidation sites excluding steroid dienone is 1. The Bertz CT molecular complexity index is 1380. The zero-order valence-electron chi connectivity index (χ0n) is 17.0. The van der Waals surface area contributed by atoms with Crippen molar-refractivity contribution in [1.82, 2.24) is 19.6 Å². The minimum absolute atomic E-state index is 0.00783. The third kappa shape index (κ3) is 4.74. The van der Waals surface area contributed by atoms with E-state index in [1.807, 2.05) is 18.2 Å². The van der Waals surface area contributed by atoms with Crippen LogP contribution in [0.4, 0.5) is 18.9 Å². The number of hydrogen-bond donors (Lipinski definition) is 2. The smallest absolute Gasteiger partial charge is 0.333 e. The number of nitrogens with zero attached hydrogens (tertiary/aromatic N) is 4. The predicted octanol–water partition coefficient (Wildman–Crippen LogP) is 4.73. The molecule has 33 heavy (non-hydrogen) atoms. The number of rotatable bonds is 7. The molecule has 0 aliphatic rings. The van der Waals surface area contributed by atoms with Crippen LogP contribution in [0.15, 0.2) is 84.1 Å². The lowest BCUT2D eigenvalue weighted by Gasteiger charge is -2.13. The lowest BCUT2D eigenvalue weighted by Crippen LogP contribution is -2.18. The van der Waals surface area contributed by atoms with Crippen LogP contribution in [0, 0.1) is 11.2 Å². The molecule has 0 bridgehead atoms. The minimum atomic E-state index is -2.79. The molecule has 2 N–H and O–H groups in total. The van der Waals surface area contributed by atoms with Crippen molar-refractivity contribution >= 4 is 17.6 Å². The van der Waals surface area contributed by atoms with E-state index in [1.54, 1.807) is 18.2 Å². The summed E-state index contributed by atoms with van der Waals surface area (Å²) in [6.07, 6.45) is 6.06. The summed E-state index contributed by atoms with van der Waals surface area (Å²) in [5, 5.41) is 18.3. The average Bonchev–Trinajstić information content (AvgIpc) is 3.31. The van der Waals surface area contributed by atoms with Crippen LogP contribution < -0.4 is 10.7 Å². The highest BCUT2D eigenvalue weighted by Gasteiger charge is 2.14. The van der Waals surface area contributed by atoms with Crippen LogP contribution in [0.25, 0.3) is 22.5 Å². The summed E-state index contributed by atoms with van der Waals surface area (Å²) in [7, 11) is 0. The van der Waals surface area contributed by atoms with Crippen LogP contribution in [-0.4, -0.2) is 25.8 Å². The second kappa shape index (κ2) is 9.35. The molecule has 4 aromatic rings. The van der Waals surface area contributed by atoms with Gasteiger partial charge in [0, 0.05) is 35.9 Å². The van der Waals surface area contributed by atoms with Gasteiger partial charge < -0.3 is 10.7 Å². The van der Waals surface area contributed by atoms with Crippen LogP contribution in [0.1, 0.15) is 12.2 Å². The highest BCUT2D eigenvalue weighted by Crippen LogP contribution is 2.25. The lowest BCUT2D eigenvalue weighted by molar-refractivity contribution is 0.0566. The Morgan fingerprint density at radius 1 is 1.09 bits per heavy atom. The molecule has 10 heteroatoms. The first-order chi connectivity index (χ1) is 16.0. The minimum Gasteiger partial charge on any atom is -0.354 e. The fourth-order valence-corrected chi connectivity index (χ4v) is 3.13. The largest absolute Gasteiger partial charge is 0.354 e. The fraction of sp³-hybridized carbons (Fsp3) is 0.0435. The van der Waals surface area contributed by atoms with Crippen molar-refractivity contribution in [3.63, 3.8) is 0 Å². The molecule has 0 spiro atoms. The molecule has 7 nitrogen and oxygen atoms in total. The van der Waals surface area contributed by atoms with Crippen molar-refractivity contribution in [1.29, 1.82) is 5.41 Å². The van der Waals surface area contributed by atoms with E-state index >= 15 is 0 Å². The van der Waals surface area contributed by atoms with Gasteiger partial charge in [0.25, 0.3) is 0 Å². The number of anilines is 1. The van der Waals surface area contributed by atoms with E-state index in [0.717, 1.165) is 12.4 Å². The molecular formula is C23H17F3N6O. The van der Waals surface area contributed by atoms with E-state index in [9.17, 15) is 18.0 Å². The van der Waals surface area contributed by atoms with E-state index in [2.05, 4.69) is 15.5 Å². The van der Waals surface area contributed by atoms with Gasteiger partial charge in [0.15, 0.2) is 5.69 Å². The summed E-state index contributed by atoms with van der Waals surface area (Å²) in [5.74, 6) is -0.673. The number of alkyl halides is 2. The molecule has 0 saturated carbocycles. The van der Waals surface area contributed by atoms with Crippen LogP contribution in [0.3, 0.4) is 0 Å². The van der Waals surface area contributed by atoms with Crippen molar-refractivity contribution < 1.29 is 13.2 Å². The fourth-order valence-electron chi connectivity index (χ4n) is 3.13. The third-order valence-electron chi connectivity index (χ3n) is 4.70. The predicted molar refractivity (Wildman–Crippen MR) is 119 cm³/mol. The van der Waals surface area contributed by atoms with Crippen molar-refractivity contribution in [2.24, 2.45) is 0 Å². The summed E-state index contributed by atoms with van der Waals surface area (Å²) in [5.41, 5.74) is 1.27. The van der Waals surface area contributed by atoms with Crippen LogP contribution in [-0.2, 0) is 0 Å². The van der Waals surface area contributed by atoms with Gasteiger partial charge in [0.05, 0.1) is 11.9 Å². The highest BCUT2D eigenvalue weighted by atomic mass is 19.3. The first-order valence-corrected chi connectivity index (χ1v) is 9.72. The topological polar surface area (TPSA) is 88.6 Å². The summed E-state index contributed by atoms with van der Waals surface area (Å²) in [6.45, 7) is -2.79. The molecule has 2 aromatic carbocycles. The average molecular weight is 450 g/mol. The Kier molecular flexibility index (Phi) is 6.16. The van der Waals surface area contributed by atoms with Gasteiger partial charge in [-0.05, 0) is 35.9 Å². The third-order valence-corrected chi connectivity index (χ3v) is 4.70. The molecule has 0 atom stereocenters. The molecular weight excluding hydrogens is 433 g/mol. The SMILES string of the molecule is N=C/C=C(\Nc1ccccc1)c1nn(-c2ccc(-c3cnn(C(F)F)c3)cc2F)ccc1=O. The standard InChI is InChI=1S/C23H17F3N6O/c24-18-12-15(16-13-28-32(14-16)23(25)26)6-7-20(18)31-11-9-21(33)22(30-31)19(8-10-27)29-17-4-2-1-3-5-17/h1-14,23,27,29H/b19-8-,27-10?. The van der Waals surface area contributed by atoms with Gasteiger partial charge in [0.2, 0.25) is 5.43 Å². The van der Waals surface area contributed by atoms with Gasteiger partial charge in [-0.2, -0.15) is 19.0 Å². The van der Waals surface area contributed by atoms with Crippen LogP contribution >= 0.6 is 0 Å². The number of benzene rings is 2. The molecule has 2 heterocycles. The van der Waals surface area contributed by atoms with Crippen LogP contribution in [0.2, 0.25) is 0 Å². The Balaban J connectivity index is 1.70. The summed E-state index contributed by atoms with van der Waals surface area (Å²) in [4.78, 5) is 12.5. The van der Waals surface area contributed by atoms with Crippen LogP contribution in [0.5, 0.6) is 0 Å². The van der Waals surface area contributed by atoms with E-state index < -0.39 is 17.8 Å². The molecule has 0 aliphatic carbocycles. The molecule has 0 amide bonds. The number of aromatic nitrogens is 4. The van der Waals surface area contributed by atoms with Crippen molar-refractivity contribution in [3.05, 3.63) is 101 Å². The first kappa shape index (κ1) is 21.8. The lowest BCUT2D eigenvalue weighted by atomic mass is 10.1. The second-order valence-electron chi connectivity index (χ2n) is 6.86. The van der Waals surface area contributed by atoms with Gasteiger partial charge in [-0.3, -0.25) is 4.79 Å². The van der Waals surface area contributed by atoms with Gasteiger partial charge in [0.1, 0.15) is 11.5 Å². The van der Waals surface area contributed by atoms with Gasteiger partial charge in [-0.15, -0.1) is 0 Å². The first-order valence-electron chi connectivity index (χ1n) is 9.72. The molecule has 0 fully saturated rings. The van der Waals surface area contributed by atoms with Gasteiger partial charge in [-0.1, -0.05) is 24.3 Å². The highest BCUT2D eigenvalue weighted by molar-refractivity contribution is 5.86. The Hall–Kier alpha value is -4.47. The summed E-state index contributed by atoms with van der Waals surface area (Å²) in [6, 6.07) is 14.4. The number of hydrogen-bond acceptors (Lipinski definition) is 5. The Morgan fingerprint density at radius 2 is 1.88 bits per heavy atom. The number of halogens is 3. The van der Waals surface area contributed by atoms with Crippen molar-refractivity contribution in [3.8, 4) is 16.8 Å². The summed E-state index contributed by atoms with van der Waals surface area (Å²) < 4.78 is 42.1. The molecule has 4 rings (SSSR count). The van der Waals surface area contributed by atoms with E-state index in [0.29, 0.717) is 21.5 Å². The number of nitrogens with one attached hydrogen (secondary N) is 2. The van der Waals surface area contributed by atoms with E-state index in [4.69, 9.17) is 5.41 Å². The molecule has 2 aromatic heterocycles. The zero-order valence-corrected chi connectivity index (χ0v) is 17.0. The van der Waals surface area contributed by atoms with Crippen molar-refractivity contribution in [2.75, 3.05) is 5.32 Å². The Labute approximate surface area is 185 Å². The monoisotopic (exact) mass is 450 g/mol. The molecule has 166 valence electrons. The second-order valence-corrected chi connectivity index (χ2v) is 6.86. The normalized spacial score (nSPS) is 11.6. The zero-order chi connectivity index (χ0) is 23.4. The van der Waals surface area contributed by atoms with Crippen molar-refractivity contribution in [2.45, 2.75) is 6.55 Å². The van der Waals surface area contributed by atoms with E-state index in [1.165, 1.54) is 41.4 Å². The molecule has 0 saturated heterocycles.